The third kappa shape index (κ3) is 6.87. The number of ether oxygens (including phenoxy) is 1. The van der Waals surface area contributed by atoms with Crippen LogP contribution in [0.15, 0.2) is 60.8 Å². The normalized spacial score (nSPS) is 18.9. The molecule has 8 rings (SSSR count). The second kappa shape index (κ2) is 14.4. The number of carbonyl (C=O) groups is 3. The standard InChI is InChI=1S/C40H41Cl2N7O4/c1-24(50)49-22-40(23-49)20-47(21-40)18-26-7-10-33(46-38(26)53-2)32-5-3-4-30(35(32)41)31-12-13-44-37(36(31)42)25-6-9-29-27(16-25)19-48(39(29)52)15-14-43-17-28-8-11-34(51)45-28/h3-7,9-10,12-13,16,28,43H,8,11,14-15,17-23H2,1-2H3,(H,45,51)/t28-/m0/s1. The molecule has 4 aliphatic rings. The van der Waals surface area contributed by atoms with Gasteiger partial charge < -0.3 is 25.2 Å². The van der Waals surface area contributed by atoms with E-state index in [2.05, 4.69) is 20.5 Å². The van der Waals surface area contributed by atoms with E-state index >= 15 is 0 Å². The number of likely N-dealkylation sites (tertiary alicyclic amines) is 2. The first-order valence-electron chi connectivity index (χ1n) is 18.0. The highest BCUT2D eigenvalue weighted by atomic mass is 35.5. The first-order chi connectivity index (χ1) is 25.6. The third-order valence-electron chi connectivity index (χ3n) is 10.9. The van der Waals surface area contributed by atoms with Gasteiger partial charge in [0.15, 0.2) is 0 Å². The highest BCUT2D eigenvalue weighted by Crippen LogP contribution is 2.43. The smallest absolute Gasteiger partial charge is 0.254 e. The van der Waals surface area contributed by atoms with Crippen LogP contribution < -0.4 is 15.4 Å². The third-order valence-corrected chi connectivity index (χ3v) is 11.7. The second-order valence-corrected chi connectivity index (χ2v) is 15.4. The van der Waals surface area contributed by atoms with Crippen LogP contribution in [0.5, 0.6) is 5.88 Å². The average Bonchev–Trinajstić information content (AvgIpc) is 3.68. The van der Waals surface area contributed by atoms with Crippen molar-refractivity contribution in [3.05, 3.63) is 87.5 Å². The zero-order chi connectivity index (χ0) is 36.9. The number of nitrogens with one attached hydrogen (secondary N) is 2. The molecule has 53 heavy (non-hydrogen) atoms. The van der Waals surface area contributed by atoms with E-state index in [-0.39, 0.29) is 29.2 Å². The van der Waals surface area contributed by atoms with E-state index in [1.807, 2.05) is 64.4 Å². The summed E-state index contributed by atoms with van der Waals surface area (Å²) in [6, 6.07) is 17.6. The molecule has 1 spiro atoms. The fraction of sp³-hybridized carbons (Fsp3) is 0.375. The summed E-state index contributed by atoms with van der Waals surface area (Å²) in [6.07, 6.45) is 3.13. The minimum Gasteiger partial charge on any atom is -0.481 e. The van der Waals surface area contributed by atoms with Gasteiger partial charge in [-0.15, -0.1) is 0 Å². The van der Waals surface area contributed by atoms with E-state index in [0.717, 1.165) is 72.5 Å². The summed E-state index contributed by atoms with van der Waals surface area (Å²) in [6.45, 7) is 8.33. The number of hydrogen-bond acceptors (Lipinski definition) is 8. The predicted molar refractivity (Wildman–Crippen MR) is 204 cm³/mol. The largest absolute Gasteiger partial charge is 0.481 e. The van der Waals surface area contributed by atoms with Crippen molar-refractivity contribution in [3.63, 3.8) is 0 Å². The van der Waals surface area contributed by atoms with E-state index in [1.54, 1.807) is 20.2 Å². The van der Waals surface area contributed by atoms with E-state index in [9.17, 15) is 14.4 Å². The molecule has 0 radical (unpaired) electrons. The van der Waals surface area contributed by atoms with Crippen molar-refractivity contribution in [2.75, 3.05) is 52.9 Å². The Bertz CT molecular complexity index is 2110. The molecule has 0 aliphatic carbocycles. The zero-order valence-corrected chi connectivity index (χ0v) is 31.3. The summed E-state index contributed by atoms with van der Waals surface area (Å²) in [4.78, 5) is 51.9. The molecule has 3 saturated heterocycles. The molecule has 1 atom stereocenters. The summed E-state index contributed by atoms with van der Waals surface area (Å²) in [5.74, 6) is 0.795. The summed E-state index contributed by atoms with van der Waals surface area (Å²) in [5.41, 5.74) is 7.18. The SMILES string of the molecule is COc1nc(-c2cccc(-c3ccnc(-c4ccc5c(c4)CN(CCNC[C@@H]4CCC(=O)N4)C5=O)c3Cl)c2Cl)ccc1CN1CC2(C1)CN(C(C)=O)C2. The van der Waals surface area contributed by atoms with Gasteiger partial charge in [-0.25, -0.2) is 4.98 Å². The van der Waals surface area contributed by atoms with Crippen molar-refractivity contribution < 1.29 is 19.1 Å². The zero-order valence-electron chi connectivity index (χ0n) is 29.8. The maximum Gasteiger partial charge on any atom is 0.254 e. The summed E-state index contributed by atoms with van der Waals surface area (Å²) >= 11 is 14.2. The number of halogens is 2. The van der Waals surface area contributed by atoms with Crippen LogP contribution in [-0.4, -0.2) is 101 Å². The van der Waals surface area contributed by atoms with Crippen molar-refractivity contribution in [1.29, 1.82) is 0 Å². The van der Waals surface area contributed by atoms with Crippen LogP contribution in [0.4, 0.5) is 0 Å². The number of nitrogens with zero attached hydrogens (tertiary/aromatic N) is 5. The number of pyridine rings is 2. The number of aromatic nitrogens is 2. The fourth-order valence-corrected chi connectivity index (χ4v) is 8.83. The lowest BCUT2D eigenvalue weighted by Crippen LogP contribution is -2.72. The molecule has 2 N–H and O–H groups in total. The molecule has 0 saturated carbocycles. The van der Waals surface area contributed by atoms with Crippen LogP contribution in [0.1, 0.15) is 41.3 Å². The Balaban J connectivity index is 0.961. The van der Waals surface area contributed by atoms with Crippen LogP contribution in [-0.2, 0) is 22.7 Å². The van der Waals surface area contributed by atoms with Crippen molar-refractivity contribution in [1.82, 2.24) is 35.3 Å². The maximum absolute atomic E-state index is 13.2. The molecule has 4 aliphatic heterocycles. The van der Waals surface area contributed by atoms with Crippen LogP contribution >= 0.6 is 23.2 Å². The number of hydrogen-bond donors (Lipinski definition) is 2. The number of benzene rings is 2. The molecule has 4 aromatic rings. The van der Waals surface area contributed by atoms with Gasteiger partial charge in [-0.2, -0.15) is 0 Å². The first kappa shape index (κ1) is 35.5. The lowest BCUT2D eigenvalue weighted by atomic mass is 9.72. The number of amides is 3. The number of carbonyl (C=O) groups excluding carboxylic acids is 3. The number of fused-ring (bicyclic) bond motifs is 1. The van der Waals surface area contributed by atoms with Crippen molar-refractivity contribution in [3.8, 4) is 39.5 Å². The molecule has 3 amide bonds. The van der Waals surface area contributed by atoms with Gasteiger partial charge in [0.25, 0.3) is 5.91 Å². The quantitative estimate of drug-likeness (QED) is 0.199. The van der Waals surface area contributed by atoms with Gasteiger partial charge in [-0.3, -0.25) is 24.3 Å². The molecule has 13 heteroatoms. The average molecular weight is 755 g/mol. The minimum absolute atomic E-state index is 0.00186. The van der Waals surface area contributed by atoms with Crippen LogP contribution in [0.2, 0.25) is 10.0 Å². The van der Waals surface area contributed by atoms with Gasteiger partial charge in [0, 0.05) is 123 Å². The van der Waals surface area contributed by atoms with E-state index in [0.29, 0.717) is 65.5 Å². The second-order valence-electron chi connectivity index (χ2n) is 14.7. The molecule has 0 unspecified atom stereocenters. The summed E-state index contributed by atoms with van der Waals surface area (Å²) in [7, 11) is 1.63. The molecule has 2 aromatic heterocycles. The van der Waals surface area contributed by atoms with Crippen molar-refractivity contribution in [2.24, 2.45) is 5.41 Å². The van der Waals surface area contributed by atoms with E-state index in [4.69, 9.17) is 32.9 Å². The lowest BCUT2D eigenvalue weighted by molar-refractivity contribution is -0.157. The maximum atomic E-state index is 13.2. The van der Waals surface area contributed by atoms with Gasteiger partial charge >= 0.3 is 0 Å². The van der Waals surface area contributed by atoms with Gasteiger partial charge in [-0.05, 0) is 36.2 Å². The Kier molecular flexibility index (Phi) is 9.61. The Morgan fingerprint density at radius 3 is 2.55 bits per heavy atom. The first-order valence-corrected chi connectivity index (χ1v) is 18.8. The lowest BCUT2D eigenvalue weighted by Gasteiger charge is -2.60. The Morgan fingerprint density at radius 2 is 1.79 bits per heavy atom. The molecular weight excluding hydrogens is 713 g/mol. The molecule has 6 heterocycles. The van der Waals surface area contributed by atoms with E-state index in [1.165, 1.54) is 0 Å². The minimum atomic E-state index is 0.00186. The van der Waals surface area contributed by atoms with Gasteiger partial charge in [0.05, 0.1) is 28.5 Å². The van der Waals surface area contributed by atoms with Crippen molar-refractivity contribution >= 4 is 40.9 Å². The molecule has 0 bridgehead atoms. The van der Waals surface area contributed by atoms with Crippen LogP contribution in [0, 0.1) is 5.41 Å². The van der Waals surface area contributed by atoms with Crippen molar-refractivity contribution in [2.45, 2.75) is 38.9 Å². The Morgan fingerprint density at radius 1 is 1.00 bits per heavy atom. The highest BCUT2D eigenvalue weighted by Gasteiger charge is 2.52. The van der Waals surface area contributed by atoms with Gasteiger partial charge in [0.1, 0.15) is 0 Å². The molecule has 11 nitrogen and oxygen atoms in total. The number of methoxy groups -OCH3 is 1. The molecule has 274 valence electrons. The number of rotatable bonds is 11. The highest BCUT2D eigenvalue weighted by molar-refractivity contribution is 6.39. The van der Waals surface area contributed by atoms with Crippen LogP contribution in [0.3, 0.4) is 0 Å². The monoisotopic (exact) mass is 753 g/mol. The summed E-state index contributed by atoms with van der Waals surface area (Å²) < 4.78 is 5.75. The molecular formula is C40H41Cl2N7O4. The van der Waals surface area contributed by atoms with Gasteiger partial charge in [0.2, 0.25) is 17.7 Å². The molecule has 3 fully saturated rings. The van der Waals surface area contributed by atoms with E-state index < -0.39 is 0 Å². The Hall–Kier alpha value is -4.55. The molecule has 2 aromatic carbocycles. The Labute approximate surface area is 318 Å². The summed E-state index contributed by atoms with van der Waals surface area (Å²) in [5, 5.41) is 7.30. The fourth-order valence-electron chi connectivity index (χ4n) is 8.18. The van der Waals surface area contributed by atoms with Crippen LogP contribution in [0.25, 0.3) is 33.6 Å². The topological polar surface area (TPSA) is 120 Å². The predicted octanol–water partition coefficient (Wildman–Crippen LogP) is 5.28. The van der Waals surface area contributed by atoms with Gasteiger partial charge in [-0.1, -0.05) is 53.5 Å².